The topological polar surface area (TPSA) is 82.0 Å². The van der Waals surface area contributed by atoms with Gasteiger partial charge < -0.3 is 5.73 Å². The molecule has 6 heteroatoms. The maximum atomic E-state index is 10.8. The lowest BCUT2D eigenvalue weighted by molar-refractivity contribution is -0.384. The van der Waals surface area contributed by atoms with Crippen LogP contribution in [0.5, 0.6) is 0 Å². The molecule has 0 radical (unpaired) electrons. The highest BCUT2D eigenvalue weighted by Crippen LogP contribution is 2.34. The highest BCUT2D eigenvalue weighted by atomic mass is 35.5. The van der Waals surface area contributed by atoms with Crippen LogP contribution in [0.4, 0.5) is 11.5 Å². The van der Waals surface area contributed by atoms with Crippen molar-refractivity contribution < 1.29 is 4.92 Å². The van der Waals surface area contributed by atoms with E-state index in [0.29, 0.717) is 16.7 Å². The Labute approximate surface area is 115 Å². The van der Waals surface area contributed by atoms with Gasteiger partial charge in [-0.1, -0.05) is 32.4 Å². The number of nitrogen functional groups attached to an aromatic ring is 1. The quantitative estimate of drug-likeness (QED) is 0.638. The third-order valence-corrected chi connectivity index (χ3v) is 3.19. The largest absolute Gasteiger partial charge is 0.383 e. The molecule has 0 unspecified atom stereocenters. The number of non-ortho nitro benzene ring substituents is 1. The van der Waals surface area contributed by atoms with E-state index in [-0.39, 0.29) is 16.1 Å². The van der Waals surface area contributed by atoms with Crippen molar-refractivity contribution in [2.75, 3.05) is 5.73 Å². The molecule has 0 saturated carbocycles. The summed E-state index contributed by atoms with van der Waals surface area (Å²) in [6, 6.07) is 4.56. The summed E-state index contributed by atoms with van der Waals surface area (Å²) in [5, 5.41) is 11.7. The molecule has 0 spiro atoms. The van der Waals surface area contributed by atoms with Crippen LogP contribution in [0.3, 0.4) is 0 Å². The minimum absolute atomic E-state index is 0.0519. The lowest BCUT2D eigenvalue weighted by Crippen LogP contribution is -2.15. The van der Waals surface area contributed by atoms with Gasteiger partial charge in [0.2, 0.25) is 0 Å². The number of fused-ring (bicyclic) bond motifs is 1. The third-order valence-electron chi connectivity index (χ3n) is 2.90. The molecular formula is C13H14ClN3O2. The molecule has 0 aliphatic carbocycles. The highest BCUT2D eigenvalue weighted by Gasteiger charge is 2.20. The lowest BCUT2D eigenvalue weighted by Gasteiger charge is -2.21. The van der Waals surface area contributed by atoms with Crippen molar-refractivity contribution in [1.29, 1.82) is 0 Å². The number of benzene rings is 1. The Balaban J connectivity index is 2.80. The van der Waals surface area contributed by atoms with E-state index in [2.05, 4.69) is 4.98 Å². The normalized spacial score (nSPS) is 11.8. The monoisotopic (exact) mass is 279 g/mol. The van der Waals surface area contributed by atoms with Gasteiger partial charge in [-0.2, -0.15) is 0 Å². The molecule has 1 aromatic heterocycles. The molecule has 0 aliphatic heterocycles. The third kappa shape index (κ3) is 2.46. The number of nitro benzene ring substituents is 1. The summed E-state index contributed by atoms with van der Waals surface area (Å²) < 4.78 is 0. The van der Waals surface area contributed by atoms with Crippen LogP contribution in [0, 0.1) is 10.1 Å². The van der Waals surface area contributed by atoms with Crippen molar-refractivity contribution in [3.8, 4) is 0 Å². The van der Waals surface area contributed by atoms with E-state index in [1.54, 1.807) is 0 Å². The van der Waals surface area contributed by atoms with E-state index in [1.807, 2.05) is 26.8 Å². The minimum Gasteiger partial charge on any atom is -0.383 e. The summed E-state index contributed by atoms with van der Waals surface area (Å²) >= 11 is 6.02. The molecule has 0 fully saturated rings. The zero-order chi connectivity index (χ0) is 14.4. The number of nitrogens with two attached hydrogens (primary N) is 1. The Bertz CT molecular complexity index is 678. The number of hydrogen-bond donors (Lipinski definition) is 1. The van der Waals surface area contributed by atoms with Crippen molar-refractivity contribution in [3.05, 3.63) is 38.9 Å². The molecule has 2 aromatic rings. The number of halogens is 1. The summed E-state index contributed by atoms with van der Waals surface area (Å²) in [7, 11) is 0. The first-order valence-electron chi connectivity index (χ1n) is 5.75. The van der Waals surface area contributed by atoms with E-state index >= 15 is 0 Å². The van der Waals surface area contributed by atoms with Crippen molar-refractivity contribution in [2.45, 2.75) is 26.2 Å². The summed E-state index contributed by atoms with van der Waals surface area (Å²) in [6.07, 6.45) is 0. The first-order valence-corrected chi connectivity index (χ1v) is 6.12. The van der Waals surface area contributed by atoms with E-state index in [9.17, 15) is 10.1 Å². The second-order valence-corrected chi connectivity index (χ2v) is 5.83. The minimum atomic E-state index is -0.474. The Kier molecular flexibility index (Phi) is 3.10. The molecule has 0 bridgehead atoms. The number of aromatic nitrogens is 1. The second-order valence-electron chi connectivity index (χ2n) is 5.43. The highest BCUT2D eigenvalue weighted by molar-refractivity contribution is 6.35. The van der Waals surface area contributed by atoms with Gasteiger partial charge in [-0.25, -0.2) is 4.98 Å². The lowest BCUT2D eigenvalue weighted by atomic mass is 9.86. The standard InChI is InChI=1S/C13H14ClN3O2/c1-13(2,3)9-5-7-4-8(17(18)19)6-10(14)11(7)16-12(9)15/h4-6H,1-3H3,(H2,15,16). The van der Waals surface area contributed by atoms with Crippen LogP contribution in [0.2, 0.25) is 5.02 Å². The maximum absolute atomic E-state index is 10.8. The summed E-state index contributed by atoms with van der Waals surface area (Å²) in [4.78, 5) is 14.6. The van der Waals surface area contributed by atoms with E-state index in [0.717, 1.165) is 5.56 Å². The van der Waals surface area contributed by atoms with Crippen LogP contribution in [0.25, 0.3) is 10.9 Å². The summed E-state index contributed by atoms with van der Waals surface area (Å²) in [5.74, 6) is 0.399. The predicted molar refractivity (Wildman–Crippen MR) is 76.5 cm³/mol. The zero-order valence-electron chi connectivity index (χ0n) is 10.9. The molecular weight excluding hydrogens is 266 g/mol. The number of pyridine rings is 1. The van der Waals surface area contributed by atoms with Crippen LogP contribution in [0.15, 0.2) is 18.2 Å². The van der Waals surface area contributed by atoms with Gasteiger partial charge in [0.25, 0.3) is 5.69 Å². The fourth-order valence-electron chi connectivity index (χ4n) is 1.95. The molecule has 0 aliphatic rings. The van der Waals surface area contributed by atoms with Crippen LogP contribution in [-0.2, 0) is 5.41 Å². The molecule has 0 saturated heterocycles. The number of anilines is 1. The smallest absolute Gasteiger partial charge is 0.271 e. The van der Waals surface area contributed by atoms with Gasteiger partial charge in [-0.15, -0.1) is 0 Å². The van der Waals surface area contributed by atoms with Crippen LogP contribution in [0.1, 0.15) is 26.3 Å². The first-order chi connectivity index (χ1) is 8.70. The summed E-state index contributed by atoms with van der Waals surface area (Å²) in [5.41, 5.74) is 7.02. The molecule has 0 atom stereocenters. The second kappa shape index (κ2) is 4.35. The maximum Gasteiger partial charge on any atom is 0.271 e. The molecule has 5 nitrogen and oxygen atoms in total. The number of hydrogen-bond acceptors (Lipinski definition) is 4. The fraction of sp³-hybridized carbons (Fsp3) is 0.308. The molecule has 100 valence electrons. The molecule has 2 rings (SSSR count). The van der Waals surface area contributed by atoms with Crippen LogP contribution in [-0.4, -0.2) is 9.91 Å². The van der Waals surface area contributed by atoms with Crippen molar-refractivity contribution >= 4 is 34.0 Å². The Morgan fingerprint density at radius 1 is 1.32 bits per heavy atom. The fourth-order valence-corrected chi connectivity index (χ4v) is 2.21. The molecule has 19 heavy (non-hydrogen) atoms. The van der Waals surface area contributed by atoms with Crippen molar-refractivity contribution in [3.63, 3.8) is 0 Å². The van der Waals surface area contributed by atoms with Gasteiger partial charge in [0, 0.05) is 23.1 Å². The Morgan fingerprint density at radius 3 is 2.47 bits per heavy atom. The first kappa shape index (κ1) is 13.5. The molecule has 1 aromatic carbocycles. The van der Waals surface area contributed by atoms with Crippen LogP contribution >= 0.6 is 11.6 Å². The Hall–Kier alpha value is -1.88. The predicted octanol–water partition coefficient (Wildman–Crippen LogP) is 3.68. The van der Waals surface area contributed by atoms with E-state index in [4.69, 9.17) is 17.3 Å². The SMILES string of the molecule is CC(C)(C)c1cc2cc([N+](=O)[O-])cc(Cl)c2nc1N. The van der Waals surface area contributed by atoms with Gasteiger partial charge in [-0.05, 0) is 11.5 Å². The van der Waals surface area contributed by atoms with Crippen LogP contribution < -0.4 is 5.73 Å². The average molecular weight is 280 g/mol. The average Bonchev–Trinajstić information content (AvgIpc) is 2.27. The molecule has 0 amide bonds. The molecule has 1 heterocycles. The number of nitrogens with zero attached hydrogens (tertiary/aromatic N) is 2. The van der Waals surface area contributed by atoms with Gasteiger partial charge in [0.05, 0.1) is 15.5 Å². The van der Waals surface area contributed by atoms with Crippen molar-refractivity contribution in [2.24, 2.45) is 0 Å². The van der Waals surface area contributed by atoms with Gasteiger partial charge in [-0.3, -0.25) is 10.1 Å². The van der Waals surface area contributed by atoms with E-state index in [1.165, 1.54) is 12.1 Å². The van der Waals surface area contributed by atoms with Gasteiger partial charge in [0.15, 0.2) is 0 Å². The van der Waals surface area contributed by atoms with E-state index < -0.39 is 4.92 Å². The van der Waals surface area contributed by atoms with Crippen molar-refractivity contribution in [1.82, 2.24) is 4.98 Å². The molecule has 2 N–H and O–H groups in total. The van der Waals surface area contributed by atoms with Gasteiger partial charge in [0.1, 0.15) is 5.82 Å². The van der Waals surface area contributed by atoms with Gasteiger partial charge >= 0.3 is 0 Å². The number of rotatable bonds is 1. The summed E-state index contributed by atoms with van der Waals surface area (Å²) in [6.45, 7) is 6.02. The Morgan fingerprint density at radius 2 is 1.95 bits per heavy atom. The zero-order valence-corrected chi connectivity index (χ0v) is 11.7. The number of nitro groups is 1.